The minimum absolute atomic E-state index is 0.185. The van der Waals surface area contributed by atoms with Gasteiger partial charge in [-0.3, -0.25) is 9.59 Å². The number of carbonyl (C=O) groups is 1. The van der Waals surface area contributed by atoms with Crippen LogP contribution in [0.1, 0.15) is 0 Å². The number of nitrogens with zero attached hydrogens (tertiary/aromatic N) is 2. The fraction of sp³-hybridized carbons (Fsp3) is 0.118. The Kier molecular flexibility index (Phi) is 4.97. The van der Waals surface area contributed by atoms with E-state index in [2.05, 4.69) is 15.2 Å². The molecule has 7 nitrogen and oxygen atoms in total. The summed E-state index contributed by atoms with van der Waals surface area (Å²) < 4.78 is 47.2. The van der Waals surface area contributed by atoms with Gasteiger partial charge in [0.25, 0.3) is 5.56 Å². The molecule has 0 saturated carbocycles. The van der Waals surface area contributed by atoms with Gasteiger partial charge in [0.2, 0.25) is 5.91 Å². The van der Waals surface area contributed by atoms with Crippen LogP contribution in [0.3, 0.4) is 0 Å². The van der Waals surface area contributed by atoms with E-state index in [0.29, 0.717) is 11.5 Å². The van der Waals surface area contributed by atoms with Crippen molar-refractivity contribution in [2.75, 3.05) is 5.32 Å². The second kappa shape index (κ2) is 7.36. The van der Waals surface area contributed by atoms with E-state index < -0.39 is 30.1 Å². The molecule has 27 heavy (non-hydrogen) atoms. The van der Waals surface area contributed by atoms with Crippen molar-refractivity contribution in [3.8, 4) is 17.2 Å². The molecular formula is C17H12F3N3O4. The van der Waals surface area contributed by atoms with Gasteiger partial charge in [-0.2, -0.15) is 5.10 Å². The predicted molar refractivity (Wildman–Crippen MR) is 88.0 cm³/mol. The summed E-state index contributed by atoms with van der Waals surface area (Å²) in [5.41, 5.74) is -0.413. The lowest BCUT2D eigenvalue weighted by Crippen LogP contribution is -2.29. The van der Waals surface area contributed by atoms with Crippen LogP contribution in [0.15, 0.2) is 64.0 Å². The lowest BCUT2D eigenvalue weighted by molar-refractivity contribution is -0.274. The van der Waals surface area contributed by atoms with E-state index >= 15 is 0 Å². The third-order valence-electron chi connectivity index (χ3n) is 3.32. The van der Waals surface area contributed by atoms with E-state index in [4.69, 9.17) is 4.42 Å². The SMILES string of the molecule is O=C(Cn1nc(-c2ccco2)ccc1=O)Nc1ccccc1OC(F)(F)F. The number of halogens is 3. The number of carbonyl (C=O) groups excluding carboxylic acids is 1. The summed E-state index contributed by atoms with van der Waals surface area (Å²) in [7, 11) is 0. The smallest absolute Gasteiger partial charge is 0.463 e. The number of ether oxygens (including phenoxy) is 1. The first kappa shape index (κ1) is 18.2. The van der Waals surface area contributed by atoms with Gasteiger partial charge >= 0.3 is 6.36 Å². The quantitative estimate of drug-likeness (QED) is 0.736. The summed E-state index contributed by atoms with van der Waals surface area (Å²) in [5, 5.41) is 6.29. The molecule has 0 bridgehead atoms. The van der Waals surface area contributed by atoms with Gasteiger partial charge in [-0.25, -0.2) is 4.68 Å². The Morgan fingerprint density at radius 1 is 1.15 bits per heavy atom. The molecular weight excluding hydrogens is 367 g/mol. The summed E-state index contributed by atoms with van der Waals surface area (Å²) >= 11 is 0. The van der Waals surface area contributed by atoms with Crippen molar-refractivity contribution in [2.24, 2.45) is 0 Å². The van der Waals surface area contributed by atoms with Gasteiger partial charge < -0.3 is 14.5 Å². The highest BCUT2D eigenvalue weighted by Crippen LogP contribution is 2.29. The summed E-state index contributed by atoms with van der Waals surface area (Å²) in [5.74, 6) is -0.921. The zero-order chi connectivity index (χ0) is 19.4. The van der Waals surface area contributed by atoms with Crippen LogP contribution in [0.5, 0.6) is 5.75 Å². The Morgan fingerprint density at radius 3 is 2.63 bits per heavy atom. The summed E-state index contributed by atoms with van der Waals surface area (Å²) in [6, 6.07) is 11.0. The van der Waals surface area contributed by atoms with Crippen LogP contribution in [0, 0.1) is 0 Å². The predicted octanol–water partition coefficient (Wildman–Crippen LogP) is 3.04. The standard InChI is InChI=1S/C17H12F3N3O4/c18-17(19,20)27-14-5-2-1-4-11(14)21-15(24)10-23-16(25)8-7-12(22-23)13-6-3-9-26-13/h1-9H,10H2,(H,21,24). The van der Waals surface area contributed by atoms with Gasteiger partial charge in [0.15, 0.2) is 11.5 Å². The van der Waals surface area contributed by atoms with Crippen LogP contribution >= 0.6 is 0 Å². The molecule has 140 valence electrons. The molecule has 3 aromatic rings. The van der Waals surface area contributed by atoms with Gasteiger partial charge in [-0.05, 0) is 30.3 Å². The fourth-order valence-electron chi connectivity index (χ4n) is 2.23. The largest absolute Gasteiger partial charge is 0.573 e. The maximum atomic E-state index is 12.4. The number of amides is 1. The summed E-state index contributed by atoms with van der Waals surface area (Å²) in [6.45, 7) is -0.506. The Morgan fingerprint density at radius 2 is 1.93 bits per heavy atom. The van der Waals surface area contributed by atoms with E-state index in [9.17, 15) is 22.8 Å². The van der Waals surface area contributed by atoms with Crippen molar-refractivity contribution < 1.29 is 27.1 Å². The van der Waals surface area contributed by atoms with Crippen LogP contribution in [-0.2, 0) is 11.3 Å². The lowest BCUT2D eigenvalue weighted by atomic mass is 10.3. The lowest BCUT2D eigenvalue weighted by Gasteiger charge is -2.14. The number of alkyl halides is 3. The van der Waals surface area contributed by atoms with E-state index in [1.54, 1.807) is 12.1 Å². The molecule has 0 aliphatic rings. The number of rotatable bonds is 5. The highest BCUT2D eigenvalue weighted by atomic mass is 19.4. The highest BCUT2D eigenvalue weighted by molar-refractivity contribution is 5.92. The number of furan rings is 1. The molecule has 0 aliphatic heterocycles. The number of aromatic nitrogens is 2. The molecule has 0 atom stereocenters. The van der Waals surface area contributed by atoms with Crippen LogP contribution in [0.4, 0.5) is 18.9 Å². The molecule has 2 heterocycles. The van der Waals surface area contributed by atoms with Crippen LogP contribution in [-0.4, -0.2) is 22.1 Å². The Balaban J connectivity index is 1.77. The van der Waals surface area contributed by atoms with Crippen LogP contribution in [0.2, 0.25) is 0 Å². The minimum atomic E-state index is -4.91. The monoisotopic (exact) mass is 379 g/mol. The third-order valence-corrected chi connectivity index (χ3v) is 3.32. The first-order valence-electron chi connectivity index (χ1n) is 7.58. The van der Waals surface area contributed by atoms with Gasteiger partial charge in [-0.1, -0.05) is 12.1 Å². The fourth-order valence-corrected chi connectivity index (χ4v) is 2.23. The average molecular weight is 379 g/mol. The number of para-hydroxylation sites is 2. The maximum Gasteiger partial charge on any atom is 0.573 e. The molecule has 0 radical (unpaired) electrons. The first-order chi connectivity index (χ1) is 12.8. The molecule has 1 amide bonds. The Labute approximate surface area is 150 Å². The maximum absolute atomic E-state index is 12.4. The van der Waals surface area contributed by atoms with E-state index in [1.807, 2.05) is 0 Å². The van der Waals surface area contributed by atoms with Crippen molar-refractivity contribution in [1.29, 1.82) is 0 Å². The first-order valence-corrected chi connectivity index (χ1v) is 7.58. The molecule has 0 fully saturated rings. The molecule has 0 saturated heterocycles. The van der Waals surface area contributed by atoms with Crippen molar-refractivity contribution in [2.45, 2.75) is 12.9 Å². The molecule has 3 rings (SSSR count). The zero-order valence-electron chi connectivity index (χ0n) is 13.6. The van der Waals surface area contributed by atoms with E-state index in [0.717, 1.165) is 10.7 Å². The van der Waals surface area contributed by atoms with Crippen molar-refractivity contribution in [3.05, 3.63) is 65.1 Å². The van der Waals surface area contributed by atoms with Crippen molar-refractivity contribution in [1.82, 2.24) is 9.78 Å². The average Bonchev–Trinajstić information content (AvgIpc) is 3.12. The molecule has 0 aliphatic carbocycles. The second-order valence-corrected chi connectivity index (χ2v) is 5.28. The van der Waals surface area contributed by atoms with E-state index in [-0.39, 0.29) is 5.69 Å². The van der Waals surface area contributed by atoms with Gasteiger partial charge in [0.1, 0.15) is 12.2 Å². The minimum Gasteiger partial charge on any atom is -0.463 e. The van der Waals surface area contributed by atoms with Crippen molar-refractivity contribution in [3.63, 3.8) is 0 Å². The molecule has 0 unspecified atom stereocenters. The van der Waals surface area contributed by atoms with Crippen LogP contribution < -0.4 is 15.6 Å². The number of hydrogen-bond donors (Lipinski definition) is 1. The second-order valence-electron chi connectivity index (χ2n) is 5.28. The number of anilines is 1. The highest BCUT2D eigenvalue weighted by Gasteiger charge is 2.32. The Hall–Kier alpha value is -3.56. The number of benzene rings is 1. The Bertz CT molecular complexity index is 997. The van der Waals surface area contributed by atoms with E-state index in [1.165, 1.54) is 36.6 Å². The van der Waals surface area contributed by atoms with Gasteiger partial charge in [0, 0.05) is 6.07 Å². The molecule has 0 spiro atoms. The van der Waals surface area contributed by atoms with Gasteiger partial charge in [-0.15, -0.1) is 13.2 Å². The van der Waals surface area contributed by atoms with Crippen molar-refractivity contribution >= 4 is 11.6 Å². The number of hydrogen-bond acceptors (Lipinski definition) is 5. The normalized spacial score (nSPS) is 11.2. The molecule has 1 N–H and O–H groups in total. The van der Waals surface area contributed by atoms with Gasteiger partial charge in [0.05, 0.1) is 12.0 Å². The molecule has 2 aromatic heterocycles. The van der Waals surface area contributed by atoms with Crippen LogP contribution in [0.25, 0.3) is 11.5 Å². The summed E-state index contributed by atoms with van der Waals surface area (Å²) in [4.78, 5) is 24.1. The number of nitrogens with one attached hydrogen (secondary N) is 1. The zero-order valence-corrected chi connectivity index (χ0v) is 13.6. The molecule has 1 aromatic carbocycles. The molecule has 10 heteroatoms. The topological polar surface area (TPSA) is 86.4 Å². The summed E-state index contributed by atoms with van der Waals surface area (Å²) in [6.07, 6.45) is -3.48. The third kappa shape index (κ3) is 4.75.